The number of carbonyl (C=O) groups excluding carboxylic acids is 2. The summed E-state index contributed by atoms with van der Waals surface area (Å²) in [5.74, 6) is 0.507. The third kappa shape index (κ3) is 3.86. The third-order valence-corrected chi connectivity index (χ3v) is 5.80. The van der Waals surface area contributed by atoms with Gasteiger partial charge in [0.05, 0.1) is 24.4 Å². The highest BCUT2D eigenvalue weighted by atomic mass is 16.5. The summed E-state index contributed by atoms with van der Waals surface area (Å²) in [7, 11) is 0. The minimum absolute atomic E-state index is 0.0520. The number of ether oxygens (including phenoxy) is 1. The Morgan fingerprint density at radius 1 is 1.21 bits per heavy atom. The van der Waals surface area contributed by atoms with Gasteiger partial charge in [-0.25, -0.2) is 0 Å². The van der Waals surface area contributed by atoms with E-state index in [9.17, 15) is 9.59 Å². The Labute approximate surface area is 171 Å². The van der Waals surface area contributed by atoms with Crippen molar-refractivity contribution in [2.75, 3.05) is 26.2 Å². The lowest BCUT2D eigenvalue weighted by atomic mass is 10.1. The Morgan fingerprint density at radius 3 is 2.79 bits per heavy atom. The molecule has 2 aliphatic rings. The second-order valence-electron chi connectivity index (χ2n) is 7.81. The van der Waals surface area contributed by atoms with E-state index in [-0.39, 0.29) is 17.9 Å². The zero-order valence-electron chi connectivity index (χ0n) is 17.1. The van der Waals surface area contributed by atoms with Gasteiger partial charge in [0.1, 0.15) is 11.8 Å². The van der Waals surface area contributed by atoms with Crippen molar-refractivity contribution < 1.29 is 14.3 Å². The van der Waals surface area contributed by atoms with Crippen LogP contribution in [-0.2, 0) is 4.79 Å². The van der Waals surface area contributed by atoms with Gasteiger partial charge in [0.2, 0.25) is 5.91 Å². The van der Waals surface area contributed by atoms with Crippen LogP contribution >= 0.6 is 0 Å². The maximum atomic E-state index is 13.3. The SMILES string of the molecule is CCOc1ccccc1C(=O)N1CCCC1C(=O)N1CCC(n2cc(C)cn2)C1. The monoisotopic (exact) mass is 396 g/mol. The Morgan fingerprint density at radius 2 is 2.03 bits per heavy atom. The molecule has 154 valence electrons. The van der Waals surface area contributed by atoms with Crippen LogP contribution in [0, 0.1) is 6.92 Å². The van der Waals surface area contributed by atoms with E-state index >= 15 is 0 Å². The zero-order chi connectivity index (χ0) is 20.4. The van der Waals surface area contributed by atoms with Crippen LogP contribution in [-0.4, -0.2) is 63.7 Å². The van der Waals surface area contributed by atoms with E-state index in [2.05, 4.69) is 5.10 Å². The van der Waals surface area contributed by atoms with E-state index in [0.717, 1.165) is 18.4 Å². The molecule has 2 amide bonds. The maximum Gasteiger partial charge on any atom is 0.258 e. The molecule has 0 aliphatic carbocycles. The molecular weight excluding hydrogens is 368 g/mol. The largest absolute Gasteiger partial charge is 0.493 e. The van der Waals surface area contributed by atoms with Crippen LogP contribution in [0.25, 0.3) is 0 Å². The number of aromatic nitrogens is 2. The molecule has 2 fully saturated rings. The van der Waals surface area contributed by atoms with Crippen molar-refractivity contribution in [1.82, 2.24) is 19.6 Å². The van der Waals surface area contributed by atoms with Gasteiger partial charge in [-0.2, -0.15) is 5.10 Å². The van der Waals surface area contributed by atoms with Gasteiger partial charge in [-0.05, 0) is 50.8 Å². The highest BCUT2D eigenvalue weighted by Crippen LogP contribution is 2.29. The summed E-state index contributed by atoms with van der Waals surface area (Å²) >= 11 is 0. The van der Waals surface area contributed by atoms with Crippen LogP contribution in [0.1, 0.15) is 48.1 Å². The summed E-state index contributed by atoms with van der Waals surface area (Å²) in [5.41, 5.74) is 1.65. The number of amides is 2. The number of hydrogen-bond donors (Lipinski definition) is 0. The summed E-state index contributed by atoms with van der Waals surface area (Å²) in [6, 6.07) is 7.09. The van der Waals surface area contributed by atoms with Crippen molar-refractivity contribution in [3.8, 4) is 5.75 Å². The molecule has 1 aromatic heterocycles. The molecule has 0 saturated carbocycles. The second kappa shape index (κ2) is 8.27. The Hall–Kier alpha value is -2.83. The molecule has 2 aliphatic heterocycles. The van der Waals surface area contributed by atoms with Crippen molar-refractivity contribution >= 4 is 11.8 Å². The van der Waals surface area contributed by atoms with Crippen LogP contribution in [0.2, 0.25) is 0 Å². The lowest BCUT2D eigenvalue weighted by Crippen LogP contribution is -2.47. The smallest absolute Gasteiger partial charge is 0.258 e. The molecule has 0 radical (unpaired) electrons. The lowest BCUT2D eigenvalue weighted by Gasteiger charge is -2.28. The first-order valence-corrected chi connectivity index (χ1v) is 10.4. The molecule has 1 aromatic carbocycles. The Balaban J connectivity index is 1.47. The number of carbonyl (C=O) groups is 2. The molecule has 0 spiro atoms. The van der Waals surface area contributed by atoms with Crippen molar-refractivity contribution in [1.29, 1.82) is 0 Å². The van der Waals surface area contributed by atoms with Crippen molar-refractivity contribution in [3.63, 3.8) is 0 Å². The third-order valence-electron chi connectivity index (χ3n) is 5.80. The number of rotatable bonds is 5. The van der Waals surface area contributed by atoms with Gasteiger partial charge < -0.3 is 14.5 Å². The molecule has 4 rings (SSSR count). The van der Waals surface area contributed by atoms with Gasteiger partial charge >= 0.3 is 0 Å². The van der Waals surface area contributed by atoms with E-state index in [1.807, 2.05) is 48.0 Å². The molecule has 7 heteroatoms. The molecule has 29 heavy (non-hydrogen) atoms. The fraction of sp³-hybridized carbons (Fsp3) is 0.500. The minimum Gasteiger partial charge on any atom is -0.493 e. The van der Waals surface area contributed by atoms with Gasteiger partial charge in [0.15, 0.2) is 0 Å². The molecular formula is C22H28N4O3. The molecule has 7 nitrogen and oxygen atoms in total. The van der Waals surface area contributed by atoms with E-state index < -0.39 is 6.04 Å². The van der Waals surface area contributed by atoms with Crippen molar-refractivity contribution in [2.45, 2.75) is 45.2 Å². The number of benzene rings is 1. The fourth-order valence-corrected chi connectivity index (χ4v) is 4.35. The van der Waals surface area contributed by atoms with E-state index in [1.54, 1.807) is 17.0 Å². The predicted molar refractivity (Wildman–Crippen MR) is 109 cm³/mol. The zero-order valence-corrected chi connectivity index (χ0v) is 17.1. The van der Waals surface area contributed by atoms with Crippen LogP contribution in [0.15, 0.2) is 36.7 Å². The highest BCUT2D eigenvalue weighted by molar-refractivity contribution is 6.00. The maximum absolute atomic E-state index is 13.3. The molecule has 3 heterocycles. The van der Waals surface area contributed by atoms with E-state index in [0.29, 0.717) is 44.0 Å². The first kappa shape index (κ1) is 19.5. The van der Waals surface area contributed by atoms with Gasteiger partial charge in [-0.15, -0.1) is 0 Å². The average Bonchev–Trinajstić information content (AvgIpc) is 3.48. The number of likely N-dealkylation sites (tertiary alicyclic amines) is 2. The molecule has 2 atom stereocenters. The van der Waals surface area contributed by atoms with Crippen LogP contribution < -0.4 is 4.74 Å². The van der Waals surface area contributed by atoms with Gasteiger partial charge in [0.25, 0.3) is 5.91 Å². The molecule has 0 N–H and O–H groups in total. The van der Waals surface area contributed by atoms with E-state index in [1.165, 1.54) is 0 Å². The standard InChI is InChI=1S/C22H28N4O3/c1-3-29-20-9-5-4-7-18(20)21(27)25-11-6-8-19(25)22(28)24-12-10-17(15-24)26-14-16(2)13-23-26/h4-5,7,9,13-14,17,19H,3,6,8,10-12,15H2,1-2H3. The molecule has 0 bridgehead atoms. The number of aryl methyl sites for hydroxylation is 1. The minimum atomic E-state index is -0.393. The van der Waals surface area contributed by atoms with Crippen LogP contribution in [0.5, 0.6) is 5.75 Å². The first-order chi connectivity index (χ1) is 14.1. The van der Waals surface area contributed by atoms with Crippen molar-refractivity contribution in [3.05, 3.63) is 47.8 Å². The lowest BCUT2D eigenvalue weighted by molar-refractivity contribution is -0.134. The predicted octanol–water partition coefficient (Wildman–Crippen LogP) is 2.67. The highest BCUT2D eigenvalue weighted by Gasteiger charge is 2.39. The fourth-order valence-electron chi connectivity index (χ4n) is 4.35. The van der Waals surface area contributed by atoms with Gasteiger partial charge in [-0.3, -0.25) is 14.3 Å². The average molecular weight is 396 g/mol. The Kier molecular flexibility index (Phi) is 5.56. The molecule has 2 aromatic rings. The molecule has 2 saturated heterocycles. The van der Waals surface area contributed by atoms with Crippen LogP contribution in [0.3, 0.4) is 0 Å². The van der Waals surface area contributed by atoms with E-state index in [4.69, 9.17) is 4.74 Å². The van der Waals surface area contributed by atoms with Crippen LogP contribution in [0.4, 0.5) is 0 Å². The summed E-state index contributed by atoms with van der Waals surface area (Å²) in [5, 5.41) is 4.40. The summed E-state index contributed by atoms with van der Waals surface area (Å²) in [6.45, 7) is 6.36. The number of para-hydroxylation sites is 1. The van der Waals surface area contributed by atoms with Gasteiger partial charge in [-0.1, -0.05) is 12.1 Å². The Bertz CT molecular complexity index is 894. The topological polar surface area (TPSA) is 67.7 Å². The first-order valence-electron chi connectivity index (χ1n) is 10.4. The summed E-state index contributed by atoms with van der Waals surface area (Å²) in [6.07, 6.45) is 6.31. The van der Waals surface area contributed by atoms with Crippen molar-refractivity contribution in [2.24, 2.45) is 0 Å². The van der Waals surface area contributed by atoms with Gasteiger partial charge in [0, 0.05) is 25.8 Å². The number of hydrogen-bond acceptors (Lipinski definition) is 4. The summed E-state index contributed by atoms with van der Waals surface area (Å²) < 4.78 is 7.58. The second-order valence-corrected chi connectivity index (χ2v) is 7.81. The normalized spacial score (nSPS) is 21.6. The quantitative estimate of drug-likeness (QED) is 0.779. The summed E-state index contributed by atoms with van der Waals surface area (Å²) in [4.78, 5) is 30.1. The molecule has 2 unspecified atom stereocenters. The number of nitrogens with zero attached hydrogens (tertiary/aromatic N) is 4.